The second-order valence-corrected chi connectivity index (χ2v) is 8.71. The van der Waals surface area contributed by atoms with Crippen LogP contribution < -0.4 is 14.8 Å². The van der Waals surface area contributed by atoms with E-state index in [9.17, 15) is 13.2 Å². The number of methoxy groups -OCH3 is 1. The standard InChI is InChI=1S/C22H21ClN2O4S/c1-15-4-3-5-18(12-15)25-30(27,28)21-13-17(8-11-20(21)23)22(26)24-14-16-6-9-19(29-2)10-7-16/h3-13,25H,14H2,1-2H3,(H,24,26). The fourth-order valence-electron chi connectivity index (χ4n) is 2.80. The van der Waals surface area contributed by atoms with Crippen molar-refractivity contribution in [3.05, 3.63) is 88.4 Å². The Morgan fingerprint density at radius 2 is 1.77 bits per heavy atom. The van der Waals surface area contributed by atoms with Crippen LogP contribution >= 0.6 is 11.6 Å². The molecule has 0 aromatic heterocycles. The summed E-state index contributed by atoms with van der Waals surface area (Å²) in [7, 11) is -2.39. The van der Waals surface area contributed by atoms with Gasteiger partial charge in [-0.2, -0.15) is 0 Å². The van der Waals surface area contributed by atoms with Crippen LogP contribution in [0.1, 0.15) is 21.5 Å². The molecular weight excluding hydrogens is 424 g/mol. The van der Waals surface area contributed by atoms with Gasteiger partial charge in [0, 0.05) is 17.8 Å². The number of carbonyl (C=O) groups is 1. The number of ether oxygens (including phenoxy) is 1. The van der Waals surface area contributed by atoms with Crippen molar-refractivity contribution < 1.29 is 17.9 Å². The first kappa shape index (κ1) is 21.7. The maximum absolute atomic E-state index is 12.8. The second kappa shape index (κ2) is 9.19. The highest BCUT2D eigenvalue weighted by atomic mass is 35.5. The molecule has 0 saturated heterocycles. The lowest BCUT2D eigenvalue weighted by atomic mass is 10.2. The van der Waals surface area contributed by atoms with Gasteiger partial charge in [0.05, 0.1) is 12.1 Å². The van der Waals surface area contributed by atoms with Crippen molar-refractivity contribution >= 4 is 33.2 Å². The van der Waals surface area contributed by atoms with Gasteiger partial charge < -0.3 is 10.1 Å². The molecule has 0 fully saturated rings. The van der Waals surface area contributed by atoms with Crippen LogP contribution in [0.3, 0.4) is 0 Å². The van der Waals surface area contributed by atoms with Crippen LogP contribution in [-0.4, -0.2) is 21.4 Å². The van der Waals surface area contributed by atoms with Gasteiger partial charge in [0.15, 0.2) is 0 Å². The summed E-state index contributed by atoms with van der Waals surface area (Å²) < 4.78 is 33.2. The number of amides is 1. The van der Waals surface area contributed by atoms with Gasteiger partial charge in [-0.25, -0.2) is 8.42 Å². The summed E-state index contributed by atoms with van der Waals surface area (Å²) >= 11 is 6.12. The van der Waals surface area contributed by atoms with Gasteiger partial charge in [0.2, 0.25) is 0 Å². The van der Waals surface area contributed by atoms with Crippen LogP contribution in [-0.2, 0) is 16.6 Å². The monoisotopic (exact) mass is 444 g/mol. The summed E-state index contributed by atoms with van der Waals surface area (Å²) in [5, 5.41) is 2.80. The zero-order valence-electron chi connectivity index (χ0n) is 16.5. The molecule has 2 N–H and O–H groups in total. The average molecular weight is 445 g/mol. The summed E-state index contributed by atoms with van der Waals surface area (Å²) in [6.45, 7) is 2.15. The molecule has 0 atom stereocenters. The number of carbonyl (C=O) groups excluding carboxylic acids is 1. The van der Waals surface area contributed by atoms with E-state index in [4.69, 9.17) is 16.3 Å². The molecule has 6 nitrogen and oxygen atoms in total. The maximum Gasteiger partial charge on any atom is 0.263 e. The highest BCUT2D eigenvalue weighted by molar-refractivity contribution is 7.92. The van der Waals surface area contributed by atoms with Crippen molar-refractivity contribution in [2.24, 2.45) is 0 Å². The number of aryl methyl sites for hydroxylation is 1. The molecule has 0 radical (unpaired) electrons. The normalized spacial score (nSPS) is 11.0. The molecule has 0 spiro atoms. The fraction of sp³-hybridized carbons (Fsp3) is 0.136. The number of sulfonamides is 1. The zero-order chi connectivity index (χ0) is 21.7. The number of hydrogen-bond donors (Lipinski definition) is 2. The molecule has 3 aromatic rings. The Kier molecular flexibility index (Phi) is 6.64. The molecular formula is C22H21ClN2O4S. The Bertz CT molecular complexity index is 1160. The second-order valence-electron chi connectivity index (χ2n) is 6.65. The SMILES string of the molecule is COc1ccc(CNC(=O)c2ccc(Cl)c(S(=O)(=O)Nc3cccc(C)c3)c2)cc1. The average Bonchev–Trinajstić information content (AvgIpc) is 2.72. The molecule has 0 bridgehead atoms. The largest absolute Gasteiger partial charge is 0.497 e. The van der Waals surface area contributed by atoms with Crippen LogP contribution in [0.4, 0.5) is 5.69 Å². The van der Waals surface area contributed by atoms with E-state index in [2.05, 4.69) is 10.0 Å². The molecule has 0 heterocycles. The van der Waals surface area contributed by atoms with Gasteiger partial charge in [0.25, 0.3) is 15.9 Å². The third kappa shape index (κ3) is 5.31. The van der Waals surface area contributed by atoms with Gasteiger partial charge >= 0.3 is 0 Å². The van der Waals surface area contributed by atoms with Crippen LogP contribution in [0, 0.1) is 6.92 Å². The first-order chi connectivity index (χ1) is 14.3. The Morgan fingerprint density at radius 3 is 2.43 bits per heavy atom. The van der Waals surface area contributed by atoms with E-state index in [1.54, 1.807) is 37.4 Å². The van der Waals surface area contributed by atoms with E-state index in [0.29, 0.717) is 5.69 Å². The first-order valence-corrected chi connectivity index (χ1v) is 10.9. The lowest BCUT2D eigenvalue weighted by molar-refractivity contribution is 0.0950. The maximum atomic E-state index is 12.8. The van der Waals surface area contributed by atoms with Gasteiger partial charge in [0.1, 0.15) is 10.6 Å². The lowest BCUT2D eigenvalue weighted by Crippen LogP contribution is -2.23. The fourth-order valence-corrected chi connectivity index (χ4v) is 4.37. The number of halogens is 1. The quantitative estimate of drug-likeness (QED) is 0.566. The lowest BCUT2D eigenvalue weighted by Gasteiger charge is -2.12. The molecule has 1 amide bonds. The molecule has 3 aromatic carbocycles. The molecule has 156 valence electrons. The van der Waals surface area contributed by atoms with Crippen molar-refractivity contribution in [1.82, 2.24) is 5.32 Å². The van der Waals surface area contributed by atoms with E-state index in [0.717, 1.165) is 16.9 Å². The van der Waals surface area contributed by atoms with Crippen LogP contribution in [0.25, 0.3) is 0 Å². The minimum absolute atomic E-state index is 0.0295. The molecule has 3 rings (SSSR count). The number of anilines is 1. The van der Waals surface area contributed by atoms with Gasteiger partial charge in [-0.1, -0.05) is 35.9 Å². The van der Waals surface area contributed by atoms with Gasteiger partial charge in [-0.05, 0) is 60.5 Å². The van der Waals surface area contributed by atoms with E-state index < -0.39 is 15.9 Å². The summed E-state index contributed by atoms with van der Waals surface area (Å²) in [5.41, 5.74) is 2.40. The van der Waals surface area contributed by atoms with Crippen molar-refractivity contribution in [3.8, 4) is 5.75 Å². The summed E-state index contributed by atoms with van der Waals surface area (Å²) in [6.07, 6.45) is 0. The topological polar surface area (TPSA) is 84.5 Å². The number of nitrogens with one attached hydrogen (secondary N) is 2. The summed E-state index contributed by atoms with van der Waals surface area (Å²) in [6, 6.07) is 18.4. The molecule has 30 heavy (non-hydrogen) atoms. The van der Waals surface area contributed by atoms with Crippen LogP contribution in [0.15, 0.2) is 71.6 Å². The van der Waals surface area contributed by atoms with E-state index in [1.807, 2.05) is 25.1 Å². The highest BCUT2D eigenvalue weighted by Gasteiger charge is 2.20. The van der Waals surface area contributed by atoms with Crippen molar-refractivity contribution in [2.45, 2.75) is 18.4 Å². The Balaban J connectivity index is 1.77. The van der Waals surface area contributed by atoms with Crippen LogP contribution in [0.2, 0.25) is 5.02 Å². The molecule has 0 aliphatic rings. The summed E-state index contributed by atoms with van der Waals surface area (Å²) in [5.74, 6) is 0.313. The van der Waals surface area contributed by atoms with E-state index >= 15 is 0 Å². The highest BCUT2D eigenvalue weighted by Crippen LogP contribution is 2.25. The third-order valence-corrected chi connectivity index (χ3v) is 6.23. The molecule has 0 saturated carbocycles. The minimum Gasteiger partial charge on any atom is -0.497 e. The Labute approximate surface area is 180 Å². The number of hydrogen-bond acceptors (Lipinski definition) is 4. The van der Waals surface area contributed by atoms with E-state index in [1.165, 1.54) is 18.2 Å². The van der Waals surface area contributed by atoms with Crippen molar-refractivity contribution in [1.29, 1.82) is 0 Å². The van der Waals surface area contributed by atoms with Gasteiger partial charge in [-0.3, -0.25) is 9.52 Å². The molecule has 8 heteroatoms. The Morgan fingerprint density at radius 1 is 1.03 bits per heavy atom. The van der Waals surface area contributed by atoms with E-state index in [-0.39, 0.29) is 22.0 Å². The first-order valence-electron chi connectivity index (χ1n) is 9.08. The van der Waals surface area contributed by atoms with Crippen LogP contribution in [0.5, 0.6) is 5.75 Å². The minimum atomic E-state index is -3.97. The third-order valence-electron chi connectivity index (χ3n) is 4.37. The summed E-state index contributed by atoms with van der Waals surface area (Å²) in [4.78, 5) is 12.4. The number of benzene rings is 3. The molecule has 0 unspecified atom stereocenters. The smallest absolute Gasteiger partial charge is 0.263 e. The van der Waals surface area contributed by atoms with Gasteiger partial charge in [-0.15, -0.1) is 0 Å². The van der Waals surface area contributed by atoms with Crippen molar-refractivity contribution in [2.75, 3.05) is 11.8 Å². The Hall–Kier alpha value is -3.03. The number of rotatable bonds is 7. The van der Waals surface area contributed by atoms with Crippen molar-refractivity contribution in [3.63, 3.8) is 0 Å². The molecule has 0 aliphatic carbocycles. The predicted octanol–water partition coefficient (Wildman–Crippen LogP) is 4.39. The molecule has 0 aliphatic heterocycles. The zero-order valence-corrected chi connectivity index (χ0v) is 18.0. The predicted molar refractivity (Wildman–Crippen MR) is 118 cm³/mol.